The Balaban J connectivity index is 2.99. The van der Waals surface area contributed by atoms with Crippen molar-refractivity contribution in [2.24, 2.45) is 0 Å². The number of likely N-dealkylation sites (N-methyl/N-ethyl adjacent to an activating group) is 1. The van der Waals surface area contributed by atoms with E-state index in [1.165, 1.54) is 26.2 Å². The molecule has 0 spiro atoms. The van der Waals surface area contributed by atoms with E-state index in [1.54, 1.807) is 0 Å². The molecule has 0 saturated heterocycles. The van der Waals surface area contributed by atoms with Crippen LogP contribution in [0.15, 0.2) is 17.2 Å². The number of rotatable bonds is 7. The molecule has 0 aliphatic carbocycles. The lowest BCUT2D eigenvalue weighted by Crippen LogP contribution is -2.33. The molecule has 114 valence electrons. The molecule has 0 bridgehead atoms. The number of sulfonamides is 1. The van der Waals surface area contributed by atoms with E-state index in [9.17, 15) is 13.5 Å². The predicted molar refractivity (Wildman–Crippen MR) is 79.5 cm³/mol. The summed E-state index contributed by atoms with van der Waals surface area (Å²) in [6.45, 7) is 4.25. The Morgan fingerprint density at radius 2 is 2.20 bits per heavy atom. The standard InChI is InChI=1S/C12H20ClN3O3S/c1-4-5-14-12-11(13)6-10(7-15-12)20(18,19)16(3)8-9(2)17/h6-7,9,17H,4-5,8H2,1-3H3,(H,14,15). The Kier molecular flexibility index (Phi) is 6.19. The molecule has 1 heterocycles. The summed E-state index contributed by atoms with van der Waals surface area (Å²) < 4.78 is 25.6. The number of anilines is 1. The van der Waals surface area contributed by atoms with Gasteiger partial charge < -0.3 is 10.4 Å². The first-order valence-electron chi connectivity index (χ1n) is 6.32. The maximum absolute atomic E-state index is 12.2. The molecule has 0 aliphatic heterocycles. The first-order chi connectivity index (χ1) is 9.28. The average Bonchev–Trinajstić information content (AvgIpc) is 2.36. The van der Waals surface area contributed by atoms with Crippen molar-refractivity contribution in [1.82, 2.24) is 9.29 Å². The van der Waals surface area contributed by atoms with E-state index in [0.717, 1.165) is 10.7 Å². The number of pyridine rings is 1. The van der Waals surface area contributed by atoms with Gasteiger partial charge in [-0.15, -0.1) is 0 Å². The normalized spacial score (nSPS) is 13.5. The molecule has 1 unspecified atom stereocenters. The number of nitrogens with zero attached hydrogens (tertiary/aromatic N) is 2. The quantitative estimate of drug-likeness (QED) is 0.796. The second kappa shape index (κ2) is 7.21. The third-order valence-corrected chi connectivity index (χ3v) is 4.66. The lowest BCUT2D eigenvalue weighted by Gasteiger charge is -2.18. The van der Waals surface area contributed by atoms with Crippen molar-refractivity contribution in [3.8, 4) is 0 Å². The molecule has 8 heteroatoms. The van der Waals surface area contributed by atoms with Gasteiger partial charge in [-0.05, 0) is 19.4 Å². The molecule has 0 saturated carbocycles. The monoisotopic (exact) mass is 321 g/mol. The summed E-state index contributed by atoms with van der Waals surface area (Å²) >= 11 is 6.02. The molecule has 1 aromatic rings. The van der Waals surface area contributed by atoms with E-state index >= 15 is 0 Å². The van der Waals surface area contributed by atoms with Crippen LogP contribution in [0.1, 0.15) is 20.3 Å². The molecule has 0 fully saturated rings. The van der Waals surface area contributed by atoms with Crippen LogP contribution in [0.25, 0.3) is 0 Å². The van der Waals surface area contributed by atoms with Crippen molar-refractivity contribution in [3.05, 3.63) is 17.3 Å². The molecule has 0 aromatic carbocycles. The van der Waals surface area contributed by atoms with Crippen LogP contribution in [-0.4, -0.2) is 49.1 Å². The summed E-state index contributed by atoms with van der Waals surface area (Å²) in [5.74, 6) is 0.464. The maximum Gasteiger partial charge on any atom is 0.244 e. The fourth-order valence-corrected chi connectivity index (χ4v) is 3.11. The van der Waals surface area contributed by atoms with E-state index in [0.29, 0.717) is 12.4 Å². The minimum atomic E-state index is -3.70. The summed E-state index contributed by atoms with van der Waals surface area (Å²) in [5, 5.41) is 12.5. The zero-order chi connectivity index (χ0) is 15.3. The second-order valence-corrected chi connectivity index (χ2v) is 7.01. The van der Waals surface area contributed by atoms with Gasteiger partial charge in [0.05, 0.1) is 11.1 Å². The minimum Gasteiger partial charge on any atom is -0.392 e. The number of aliphatic hydroxyl groups is 1. The summed E-state index contributed by atoms with van der Waals surface area (Å²) in [6, 6.07) is 1.36. The molecule has 1 atom stereocenters. The molecular formula is C12H20ClN3O3S. The van der Waals surface area contributed by atoms with Crippen LogP contribution in [0.2, 0.25) is 5.02 Å². The third-order valence-electron chi connectivity index (χ3n) is 2.59. The number of hydrogen-bond donors (Lipinski definition) is 2. The number of aromatic nitrogens is 1. The molecule has 0 amide bonds. The van der Waals surface area contributed by atoms with Crippen molar-refractivity contribution < 1.29 is 13.5 Å². The van der Waals surface area contributed by atoms with Crippen LogP contribution in [0.4, 0.5) is 5.82 Å². The molecule has 0 radical (unpaired) electrons. The van der Waals surface area contributed by atoms with Gasteiger partial charge in [-0.1, -0.05) is 18.5 Å². The number of nitrogens with one attached hydrogen (secondary N) is 1. The largest absolute Gasteiger partial charge is 0.392 e. The summed E-state index contributed by atoms with van der Waals surface area (Å²) in [7, 11) is -2.29. The highest BCUT2D eigenvalue weighted by atomic mass is 35.5. The third kappa shape index (κ3) is 4.31. The van der Waals surface area contributed by atoms with Gasteiger partial charge in [-0.3, -0.25) is 0 Å². The van der Waals surface area contributed by atoms with Crippen molar-refractivity contribution in [1.29, 1.82) is 0 Å². The summed E-state index contributed by atoms with van der Waals surface area (Å²) in [6.07, 6.45) is 1.43. The van der Waals surface area contributed by atoms with Gasteiger partial charge in [0.2, 0.25) is 10.0 Å². The first kappa shape index (κ1) is 17.2. The van der Waals surface area contributed by atoms with Crippen molar-refractivity contribution in [2.75, 3.05) is 25.5 Å². The van der Waals surface area contributed by atoms with E-state index < -0.39 is 16.1 Å². The van der Waals surface area contributed by atoms with Crippen LogP contribution in [-0.2, 0) is 10.0 Å². The van der Waals surface area contributed by atoms with E-state index in [2.05, 4.69) is 10.3 Å². The Morgan fingerprint density at radius 1 is 1.55 bits per heavy atom. The highest BCUT2D eigenvalue weighted by molar-refractivity contribution is 7.89. The lowest BCUT2D eigenvalue weighted by molar-refractivity contribution is 0.171. The van der Waals surface area contributed by atoms with Gasteiger partial charge in [0, 0.05) is 26.3 Å². The maximum atomic E-state index is 12.2. The van der Waals surface area contributed by atoms with Crippen LogP contribution in [0.5, 0.6) is 0 Å². The Hall–Kier alpha value is -0.890. The molecule has 0 aliphatic rings. The second-order valence-electron chi connectivity index (χ2n) is 4.56. The van der Waals surface area contributed by atoms with Gasteiger partial charge in [0.1, 0.15) is 10.7 Å². The lowest BCUT2D eigenvalue weighted by atomic mass is 10.4. The van der Waals surface area contributed by atoms with Gasteiger partial charge in [0.25, 0.3) is 0 Å². The van der Waals surface area contributed by atoms with Crippen LogP contribution in [0.3, 0.4) is 0 Å². The topological polar surface area (TPSA) is 82.5 Å². The Bertz CT molecular complexity index is 549. The SMILES string of the molecule is CCCNc1ncc(S(=O)(=O)N(C)CC(C)O)cc1Cl. The molecule has 20 heavy (non-hydrogen) atoms. The molecule has 1 aromatic heterocycles. The van der Waals surface area contributed by atoms with E-state index in [4.69, 9.17) is 11.6 Å². The van der Waals surface area contributed by atoms with Gasteiger partial charge in [0.15, 0.2) is 0 Å². The van der Waals surface area contributed by atoms with Crippen molar-refractivity contribution >= 4 is 27.4 Å². The smallest absolute Gasteiger partial charge is 0.244 e. The van der Waals surface area contributed by atoms with Crippen LogP contribution in [0, 0.1) is 0 Å². The highest BCUT2D eigenvalue weighted by Gasteiger charge is 2.23. The van der Waals surface area contributed by atoms with Gasteiger partial charge >= 0.3 is 0 Å². The van der Waals surface area contributed by atoms with Gasteiger partial charge in [-0.2, -0.15) is 4.31 Å². The molecule has 1 rings (SSSR count). The zero-order valence-corrected chi connectivity index (χ0v) is 13.4. The number of hydrogen-bond acceptors (Lipinski definition) is 5. The van der Waals surface area contributed by atoms with E-state index in [1.807, 2.05) is 6.92 Å². The predicted octanol–water partition coefficient (Wildman–Crippen LogP) is 1.56. The first-order valence-corrected chi connectivity index (χ1v) is 8.14. The Labute approximate surface area is 124 Å². The molecular weight excluding hydrogens is 302 g/mol. The molecule has 6 nitrogen and oxygen atoms in total. The fourth-order valence-electron chi connectivity index (χ4n) is 1.59. The number of aliphatic hydroxyl groups excluding tert-OH is 1. The van der Waals surface area contributed by atoms with Crippen molar-refractivity contribution in [2.45, 2.75) is 31.3 Å². The Morgan fingerprint density at radius 3 is 2.70 bits per heavy atom. The van der Waals surface area contributed by atoms with Gasteiger partial charge in [-0.25, -0.2) is 13.4 Å². The average molecular weight is 322 g/mol. The number of halogens is 1. The minimum absolute atomic E-state index is 0.00713. The van der Waals surface area contributed by atoms with Crippen molar-refractivity contribution in [3.63, 3.8) is 0 Å². The summed E-state index contributed by atoms with van der Waals surface area (Å²) in [4.78, 5) is 4.04. The molecule has 2 N–H and O–H groups in total. The van der Waals surface area contributed by atoms with Crippen LogP contribution >= 0.6 is 11.6 Å². The van der Waals surface area contributed by atoms with E-state index in [-0.39, 0.29) is 16.5 Å². The fraction of sp³-hybridized carbons (Fsp3) is 0.583. The van der Waals surface area contributed by atoms with Crippen LogP contribution < -0.4 is 5.32 Å². The summed E-state index contributed by atoms with van der Waals surface area (Å²) in [5.41, 5.74) is 0. The highest BCUT2D eigenvalue weighted by Crippen LogP contribution is 2.24. The zero-order valence-electron chi connectivity index (χ0n) is 11.8.